The van der Waals surface area contributed by atoms with E-state index < -0.39 is 17.3 Å². The molecule has 100 valence electrons. The van der Waals surface area contributed by atoms with Gasteiger partial charge in [0.1, 0.15) is 12.2 Å². The molecule has 0 aliphatic rings. The van der Waals surface area contributed by atoms with E-state index in [9.17, 15) is 14.9 Å². The summed E-state index contributed by atoms with van der Waals surface area (Å²) >= 11 is 0. The van der Waals surface area contributed by atoms with Crippen molar-refractivity contribution in [3.63, 3.8) is 0 Å². The third kappa shape index (κ3) is 8.29. The van der Waals surface area contributed by atoms with Gasteiger partial charge >= 0.3 is 6.16 Å². The topological polar surface area (TPSA) is 87.9 Å². The van der Waals surface area contributed by atoms with Crippen LogP contribution in [0.15, 0.2) is 0 Å². The first-order chi connectivity index (χ1) is 7.82. The van der Waals surface area contributed by atoms with Gasteiger partial charge in [-0.05, 0) is 19.8 Å². The molecule has 0 aromatic carbocycles. The van der Waals surface area contributed by atoms with Crippen molar-refractivity contribution in [3.05, 3.63) is 10.1 Å². The summed E-state index contributed by atoms with van der Waals surface area (Å²) in [4.78, 5) is 25.4. The van der Waals surface area contributed by atoms with E-state index in [-0.39, 0.29) is 25.0 Å². The largest absolute Gasteiger partial charge is 0.508 e. The van der Waals surface area contributed by atoms with Gasteiger partial charge in [0.25, 0.3) is 5.09 Å². The van der Waals surface area contributed by atoms with Crippen LogP contribution in [-0.2, 0) is 14.3 Å². The first-order valence-corrected chi connectivity index (χ1v) is 5.47. The zero-order chi connectivity index (χ0) is 13.4. The van der Waals surface area contributed by atoms with Crippen LogP contribution in [0.1, 0.15) is 34.1 Å². The van der Waals surface area contributed by atoms with Crippen molar-refractivity contribution in [2.75, 3.05) is 6.61 Å². The summed E-state index contributed by atoms with van der Waals surface area (Å²) in [6, 6.07) is 0. The van der Waals surface area contributed by atoms with Gasteiger partial charge in [-0.3, -0.25) is 0 Å². The van der Waals surface area contributed by atoms with Crippen LogP contribution >= 0.6 is 0 Å². The van der Waals surface area contributed by atoms with E-state index in [0.29, 0.717) is 0 Å². The van der Waals surface area contributed by atoms with Crippen LogP contribution in [0.2, 0.25) is 0 Å². The number of rotatable bonds is 7. The summed E-state index contributed by atoms with van der Waals surface area (Å²) in [6.45, 7) is 7.16. The third-order valence-electron chi connectivity index (χ3n) is 2.23. The standard InChI is InChI=1S/C10H19NO6/c1-7(2)9(4)16-10(12)15-6-5-8(3)17-11(13)14/h7-9H,5-6H2,1-4H3/t8-,9?/m0/s1. The van der Waals surface area contributed by atoms with E-state index in [4.69, 9.17) is 9.47 Å². The van der Waals surface area contributed by atoms with Crippen LogP contribution in [0.5, 0.6) is 0 Å². The fourth-order valence-corrected chi connectivity index (χ4v) is 0.830. The molecule has 0 aliphatic heterocycles. The Balaban J connectivity index is 3.67. The number of ether oxygens (including phenoxy) is 2. The third-order valence-corrected chi connectivity index (χ3v) is 2.23. The highest BCUT2D eigenvalue weighted by atomic mass is 17.0. The average molecular weight is 249 g/mol. The van der Waals surface area contributed by atoms with Gasteiger partial charge in [0.15, 0.2) is 0 Å². The minimum Gasteiger partial charge on any atom is -0.434 e. The van der Waals surface area contributed by atoms with E-state index in [1.54, 1.807) is 6.92 Å². The SMILES string of the molecule is CC(C)C(C)OC(=O)OCC[C@H](C)O[N+](=O)[O-]. The summed E-state index contributed by atoms with van der Waals surface area (Å²) in [5, 5.41) is 9.11. The van der Waals surface area contributed by atoms with E-state index in [0.717, 1.165) is 0 Å². The van der Waals surface area contributed by atoms with Crippen LogP contribution in [0.4, 0.5) is 4.79 Å². The van der Waals surface area contributed by atoms with Crippen LogP contribution in [0, 0.1) is 16.0 Å². The smallest absolute Gasteiger partial charge is 0.434 e. The summed E-state index contributed by atoms with van der Waals surface area (Å²) in [5.74, 6) is 0.208. The highest BCUT2D eigenvalue weighted by Crippen LogP contribution is 2.07. The van der Waals surface area contributed by atoms with Gasteiger partial charge in [-0.1, -0.05) is 13.8 Å². The van der Waals surface area contributed by atoms with Crippen molar-refractivity contribution < 1.29 is 24.2 Å². The molecule has 0 rings (SSSR count). The Hall–Kier alpha value is -1.53. The van der Waals surface area contributed by atoms with E-state index >= 15 is 0 Å². The zero-order valence-corrected chi connectivity index (χ0v) is 10.5. The lowest BCUT2D eigenvalue weighted by Gasteiger charge is -2.16. The fourth-order valence-electron chi connectivity index (χ4n) is 0.830. The molecule has 0 aromatic rings. The average Bonchev–Trinajstić information content (AvgIpc) is 2.15. The van der Waals surface area contributed by atoms with Crippen molar-refractivity contribution >= 4 is 6.16 Å². The fraction of sp³-hybridized carbons (Fsp3) is 0.900. The molecule has 0 heterocycles. The van der Waals surface area contributed by atoms with Gasteiger partial charge in [-0.2, -0.15) is 0 Å². The maximum absolute atomic E-state index is 11.1. The molecule has 0 radical (unpaired) electrons. The lowest BCUT2D eigenvalue weighted by Crippen LogP contribution is -2.22. The first-order valence-electron chi connectivity index (χ1n) is 5.47. The van der Waals surface area contributed by atoms with Gasteiger partial charge in [-0.15, -0.1) is 10.1 Å². The van der Waals surface area contributed by atoms with Crippen LogP contribution in [-0.4, -0.2) is 30.1 Å². The molecular weight excluding hydrogens is 230 g/mol. The van der Waals surface area contributed by atoms with Crippen molar-refractivity contribution in [3.8, 4) is 0 Å². The van der Waals surface area contributed by atoms with Crippen molar-refractivity contribution in [2.45, 2.75) is 46.3 Å². The Morgan fingerprint density at radius 3 is 2.35 bits per heavy atom. The number of carbonyl (C=O) groups excluding carboxylic acids is 1. The highest BCUT2D eigenvalue weighted by Gasteiger charge is 2.14. The molecule has 1 unspecified atom stereocenters. The van der Waals surface area contributed by atoms with Crippen molar-refractivity contribution in [2.24, 2.45) is 5.92 Å². The first kappa shape index (κ1) is 15.5. The normalized spacial score (nSPS) is 13.9. The number of carbonyl (C=O) groups is 1. The van der Waals surface area contributed by atoms with Gasteiger partial charge in [0.05, 0.1) is 6.61 Å². The lowest BCUT2D eigenvalue weighted by atomic mass is 10.1. The van der Waals surface area contributed by atoms with E-state index in [1.807, 2.05) is 13.8 Å². The maximum Gasteiger partial charge on any atom is 0.508 e. The summed E-state index contributed by atoms with van der Waals surface area (Å²) < 4.78 is 9.69. The monoisotopic (exact) mass is 249 g/mol. The van der Waals surface area contributed by atoms with Crippen LogP contribution in [0.25, 0.3) is 0 Å². The second-order valence-corrected chi connectivity index (χ2v) is 4.09. The molecule has 0 saturated heterocycles. The summed E-state index contributed by atoms with van der Waals surface area (Å²) in [7, 11) is 0. The minimum atomic E-state index is -0.871. The minimum absolute atomic E-state index is 0.0264. The van der Waals surface area contributed by atoms with Crippen LogP contribution < -0.4 is 0 Å². The molecule has 7 nitrogen and oxygen atoms in total. The molecule has 0 aromatic heterocycles. The van der Waals surface area contributed by atoms with Crippen LogP contribution in [0.3, 0.4) is 0 Å². The van der Waals surface area contributed by atoms with E-state index in [2.05, 4.69) is 4.84 Å². The molecule has 0 aliphatic carbocycles. The molecule has 0 amide bonds. The summed E-state index contributed by atoms with van der Waals surface area (Å²) in [5.41, 5.74) is 0. The molecular formula is C10H19NO6. The van der Waals surface area contributed by atoms with Gasteiger partial charge in [0, 0.05) is 6.42 Å². The Kier molecular flexibility index (Phi) is 7.00. The predicted octanol–water partition coefficient (Wildman–Crippen LogP) is 2.17. The second kappa shape index (κ2) is 7.70. The van der Waals surface area contributed by atoms with Gasteiger partial charge in [0.2, 0.25) is 0 Å². The predicted molar refractivity (Wildman–Crippen MR) is 58.9 cm³/mol. The molecule has 2 atom stereocenters. The van der Waals surface area contributed by atoms with Gasteiger partial charge in [-0.25, -0.2) is 4.79 Å². The molecule has 0 spiro atoms. The van der Waals surface area contributed by atoms with E-state index in [1.165, 1.54) is 6.92 Å². The molecule has 0 saturated carbocycles. The maximum atomic E-state index is 11.1. The Labute approximate surface area is 100 Å². The summed E-state index contributed by atoms with van der Waals surface area (Å²) in [6.07, 6.45) is -1.36. The number of nitrogens with zero attached hydrogens (tertiary/aromatic N) is 1. The number of hydrogen-bond acceptors (Lipinski definition) is 6. The van der Waals surface area contributed by atoms with Crippen molar-refractivity contribution in [1.82, 2.24) is 0 Å². The Morgan fingerprint density at radius 2 is 1.88 bits per heavy atom. The second-order valence-electron chi connectivity index (χ2n) is 4.09. The molecule has 7 heteroatoms. The molecule has 0 fully saturated rings. The Bertz CT molecular complexity index is 255. The lowest BCUT2D eigenvalue weighted by molar-refractivity contribution is -0.767. The Morgan fingerprint density at radius 1 is 1.29 bits per heavy atom. The highest BCUT2D eigenvalue weighted by molar-refractivity contribution is 5.60. The number of hydrogen-bond donors (Lipinski definition) is 0. The quantitative estimate of drug-likeness (QED) is 0.390. The molecule has 17 heavy (non-hydrogen) atoms. The van der Waals surface area contributed by atoms with Gasteiger partial charge < -0.3 is 14.3 Å². The zero-order valence-electron chi connectivity index (χ0n) is 10.5. The molecule has 0 bridgehead atoms. The molecule has 0 N–H and O–H groups in total. The van der Waals surface area contributed by atoms with Crippen molar-refractivity contribution in [1.29, 1.82) is 0 Å².